The second-order valence-electron chi connectivity index (χ2n) is 10.4. The molecule has 1 heterocycles. The molecule has 1 aromatic rings. The number of rotatable bonds is 11. The zero-order valence-corrected chi connectivity index (χ0v) is 23.6. The van der Waals surface area contributed by atoms with Crippen molar-refractivity contribution in [2.75, 3.05) is 34.9 Å². The van der Waals surface area contributed by atoms with Gasteiger partial charge in [-0.05, 0) is 75.7 Å². The van der Waals surface area contributed by atoms with Gasteiger partial charge < -0.3 is 24.0 Å². The number of ether oxygens (including phenoxy) is 3. The number of halogens is 1. The van der Waals surface area contributed by atoms with Gasteiger partial charge >= 0.3 is 12.1 Å². The van der Waals surface area contributed by atoms with E-state index in [-0.39, 0.29) is 30.8 Å². The van der Waals surface area contributed by atoms with Crippen molar-refractivity contribution >= 4 is 30.1 Å². The molecular weight excluding hydrogens is 494 g/mol. The highest BCUT2D eigenvalue weighted by Crippen LogP contribution is 2.46. The molecule has 0 radical (unpaired) electrons. The van der Waals surface area contributed by atoms with Crippen molar-refractivity contribution in [2.24, 2.45) is 16.8 Å². The molecule has 1 fully saturated rings. The van der Waals surface area contributed by atoms with E-state index in [4.69, 9.17) is 30.8 Å². The maximum absolute atomic E-state index is 12.4. The van der Waals surface area contributed by atoms with Crippen molar-refractivity contribution in [3.8, 4) is 0 Å². The van der Waals surface area contributed by atoms with Crippen LogP contribution in [0.1, 0.15) is 69.9 Å². The van der Waals surface area contributed by atoms with Crippen LogP contribution in [0, 0.1) is 11.8 Å². The molecule has 0 N–H and O–H groups in total. The van der Waals surface area contributed by atoms with E-state index in [0.29, 0.717) is 12.0 Å². The van der Waals surface area contributed by atoms with Gasteiger partial charge in [0.15, 0.2) is 0 Å². The van der Waals surface area contributed by atoms with Crippen molar-refractivity contribution in [1.82, 2.24) is 9.80 Å². The fourth-order valence-electron chi connectivity index (χ4n) is 6.10. The van der Waals surface area contributed by atoms with Crippen LogP contribution in [0.2, 0.25) is 5.02 Å². The summed E-state index contributed by atoms with van der Waals surface area (Å²) in [6.45, 7) is 2.97. The first-order valence-corrected chi connectivity index (χ1v) is 13.7. The predicted molar refractivity (Wildman–Crippen MR) is 145 cm³/mol. The quantitative estimate of drug-likeness (QED) is 0.336. The molecule has 1 aliphatic carbocycles. The summed E-state index contributed by atoms with van der Waals surface area (Å²) in [6, 6.07) is 8.30. The molecule has 37 heavy (non-hydrogen) atoms. The highest BCUT2D eigenvalue weighted by Gasteiger charge is 2.53. The first-order chi connectivity index (χ1) is 17.7. The number of esters is 1. The first kappa shape index (κ1) is 29.2. The third-order valence-corrected chi connectivity index (χ3v) is 8.09. The Hall–Kier alpha value is -2.32. The molecule has 0 spiro atoms. The van der Waals surface area contributed by atoms with Crippen molar-refractivity contribution < 1.29 is 23.8 Å². The van der Waals surface area contributed by atoms with Crippen LogP contribution >= 0.6 is 11.6 Å². The molecule has 1 aromatic carbocycles. The average molecular weight is 536 g/mol. The van der Waals surface area contributed by atoms with Gasteiger partial charge in [0.1, 0.15) is 0 Å². The number of hydrogen-bond donors (Lipinski definition) is 0. The highest BCUT2D eigenvalue weighted by molar-refractivity contribution is 6.30. The first-order valence-electron chi connectivity index (χ1n) is 13.3. The Balaban J connectivity index is 1.83. The molecule has 0 aromatic heterocycles. The molecule has 3 atom stereocenters. The van der Waals surface area contributed by atoms with E-state index in [2.05, 4.69) is 43.0 Å². The summed E-state index contributed by atoms with van der Waals surface area (Å²) in [5.41, 5.74) is 0.0944. The SMILES string of the molecule is CCCCN1C=NC(CCC(=O)OC)(OC(=O)OC)C1C1CCC(C(c2ccc(Cl)cc2)N(C)C)CC1. The molecule has 1 saturated carbocycles. The van der Waals surface area contributed by atoms with E-state index in [9.17, 15) is 9.59 Å². The van der Waals surface area contributed by atoms with Crippen molar-refractivity contribution in [1.29, 1.82) is 0 Å². The minimum atomic E-state index is -1.18. The lowest BCUT2D eigenvalue weighted by Gasteiger charge is -2.45. The lowest BCUT2D eigenvalue weighted by molar-refractivity contribution is -0.143. The van der Waals surface area contributed by atoms with Gasteiger partial charge in [0.05, 0.1) is 33.0 Å². The number of unbranched alkanes of at least 4 members (excludes halogenated alkanes) is 1. The number of nitrogens with zero attached hydrogens (tertiary/aromatic N) is 3. The third kappa shape index (κ3) is 7.17. The zero-order chi connectivity index (χ0) is 27.0. The zero-order valence-electron chi connectivity index (χ0n) is 22.8. The number of methoxy groups -OCH3 is 2. The molecule has 1 aliphatic heterocycles. The highest BCUT2D eigenvalue weighted by atomic mass is 35.5. The molecule has 0 saturated heterocycles. The van der Waals surface area contributed by atoms with Gasteiger partial charge in [-0.15, -0.1) is 0 Å². The van der Waals surface area contributed by atoms with Crippen LogP contribution in [0.25, 0.3) is 0 Å². The third-order valence-electron chi connectivity index (χ3n) is 7.83. The Morgan fingerprint density at radius 2 is 1.81 bits per heavy atom. The van der Waals surface area contributed by atoms with Crippen LogP contribution in [0.15, 0.2) is 29.3 Å². The largest absolute Gasteiger partial charge is 0.510 e. The van der Waals surface area contributed by atoms with Gasteiger partial charge in [-0.1, -0.05) is 37.1 Å². The summed E-state index contributed by atoms with van der Waals surface area (Å²) in [5, 5.41) is 0.743. The molecular formula is C28H42ClN3O5. The molecule has 8 nitrogen and oxygen atoms in total. The van der Waals surface area contributed by atoms with E-state index in [0.717, 1.165) is 50.1 Å². The summed E-state index contributed by atoms with van der Waals surface area (Å²) >= 11 is 6.15. The number of aliphatic imine (C=N–C) groups is 1. The molecule has 3 unspecified atom stereocenters. The number of carbonyl (C=O) groups excluding carboxylic acids is 2. The van der Waals surface area contributed by atoms with E-state index in [1.165, 1.54) is 19.8 Å². The molecule has 206 valence electrons. The van der Waals surface area contributed by atoms with Gasteiger partial charge in [-0.2, -0.15) is 0 Å². The predicted octanol–water partition coefficient (Wildman–Crippen LogP) is 5.69. The van der Waals surface area contributed by atoms with Gasteiger partial charge in [0.25, 0.3) is 0 Å². The van der Waals surface area contributed by atoms with E-state index < -0.39 is 11.9 Å². The monoisotopic (exact) mass is 535 g/mol. The summed E-state index contributed by atoms with van der Waals surface area (Å²) in [7, 11) is 6.92. The second-order valence-corrected chi connectivity index (χ2v) is 10.8. The molecule has 0 amide bonds. The molecule has 9 heteroatoms. The Bertz CT molecular complexity index is 917. The lowest BCUT2D eigenvalue weighted by Crippen LogP contribution is -2.54. The van der Waals surface area contributed by atoms with Gasteiger partial charge in [-0.3, -0.25) is 4.79 Å². The Morgan fingerprint density at radius 1 is 1.14 bits per heavy atom. The van der Waals surface area contributed by atoms with Gasteiger partial charge in [0.2, 0.25) is 5.72 Å². The summed E-state index contributed by atoms with van der Waals surface area (Å²) in [5.74, 6) is 0.394. The number of carbonyl (C=O) groups is 2. The van der Waals surface area contributed by atoms with Crippen molar-refractivity contribution in [3.63, 3.8) is 0 Å². The smallest absolute Gasteiger partial charge is 0.469 e. The Kier molecular flexibility index (Phi) is 10.6. The van der Waals surface area contributed by atoms with E-state index in [1.807, 2.05) is 18.5 Å². The van der Waals surface area contributed by atoms with Crippen LogP contribution < -0.4 is 0 Å². The number of benzene rings is 1. The molecule has 3 rings (SSSR count). The second kappa shape index (κ2) is 13.5. The molecule has 0 bridgehead atoms. The minimum absolute atomic E-state index is 0.109. The topological polar surface area (TPSA) is 80.7 Å². The number of hydrogen-bond acceptors (Lipinski definition) is 8. The Morgan fingerprint density at radius 3 is 2.38 bits per heavy atom. The summed E-state index contributed by atoms with van der Waals surface area (Å²) in [4.78, 5) is 33.7. The maximum Gasteiger partial charge on any atom is 0.510 e. The van der Waals surface area contributed by atoms with Gasteiger partial charge in [0, 0.05) is 24.0 Å². The fourth-order valence-corrected chi connectivity index (χ4v) is 6.23. The van der Waals surface area contributed by atoms with Crippen molar-refractivity contribution in [3.05, 3.63) is 34.9 Å². The lowest BCUT2D eigenvalue weighted by atomic mass is 9.71. The Labute approximate surface area is 226 Å². The fraction of sp³-hybridized carbons (Fsp3) is 0.679. The summed E-state index contributed by atoms with van der Waals surface area (Å²) < 4.78 is 15.6. The normalized spacial score (nSPS) is 26.2. The average Bonchev–Trinajstić information content (AvgIpc) is 3.25. The van der Waals surface area contributed by atoms with Crippen LogP contribution in [0.3, 0.4) is 0 Å². The standard InChI is InChI=1S/C28H42ClN3O5/c1-6-7-18-32-19-30-28(37-27(34)36-5,17-16-24(33)35-4)26(32)22-10-8-20(9-11-22)25(31(2)3)21-12-14-23(29)15-13-21/h12-15,19-20,22,25-26H,6-11,16-18H2,1-5H3. The van der Waals surface area contributed by atoms with Crippen molar-refractivity contribution in [2.45, 2.75) is 76.1 Å². The van der Waals surface area contributed by atoms with E-state index in [1.54, 1.807) is 0 Å². The van der Waals surface area contributed by atoms with Crippen LogP contribution in [0.4, 0.5) is 4.79 Å². The maximum atomic E-state index is 12.4. The van der Waals surface area contributed by atoms with Gasteiger partial charge in [-0.25, -0.2) is 9.79 Å². The van der Waals surface area contributed by atoms with Crippen LogP contribution in [-0.4, -0.2) is 74.9 Å². The van der Waals surface area contributed by atoms with Crippen LogP contribution in [0.5, 0.6) is 0 Å². The van der Waals surface area contributed by atoms with E-state index >= 15 is 0 Å². The minimum Gasteiger partial charge on any atom is -0.469 e. The van der Waals surface area contributed by atoms with Crippen LogP contribution in [-0.2, 0) is 19.0 Å². The summed E-state index contributed by atoms with van der Waals surface area (Å²) in [6.07, 6.45) is 7.47. The molecule has 2 aliphatic rings.